The smallest absolute Gasteiger partial charge is 0.410 e. The maximum atomic E-state index is 14.9. The number of methoxy groups -OCH3 is 1. The lowest BCUT2D eigenvalue weighted by atomic mass is 9.79. The molecule has 0 aromatic carbocycles. The van der Waals surface area contributed by atoms with Crippen molar-refractivity contribution in [3.8, 4) is 17.1 Å². The average molecular weight is 534 g/mol. The van der Waals surface area contributed by atoms with E-state index in [4.69, 9.17) is 9.47 Å². The number of halogens is 3. The van der Waals surface area contributed by atoms with E-state index in [-0.39, 0.29) is 36.2 Å². The van der Waals surface area contributed by atoms with Gasteiger partial charge in [-0.1, -0.05) is 0 Å². The number of piperidine rings is 1. The lowest BCUT2D eigenvalue weighted by molar-refractivity contribution is -0.0881. The van der Waals surface area contributed by atoms with Crippen LogP contribution in [-0.2, 0) is 4.74 Å². The molecule has 38 heavy (non-hydrogen) atoms. The van der Waals surface area contributed by atoms with E-state index in [0.717, 1.165) is 19.0 Å². The molecule has 0 bridgehead atoms. The van der Waals surface area contributed by atoms with E-state index in [9.17, 15) is 18.0 Å². The van der Waals surface area contributed by atoms with E-state index in [1.165, 1.54) is 17.8 Å². The van der Waals surface area contributed by atoms with Gasteiger partial charge in [0.05, 0.1) is 19.5 Å². The minimum absolute atomic E-state index is 0.0441. The number of hydrogen-bond acceptors (Lipinski definition) is 8. The zero-order chi connectivity index (χ0) is 27.2. The number of anilines is 1. The lowest BCUT2D eigenvalue weighted by Crippen LogP contribution is -2.47. The lowest BCUT2D eigenvalue weighted by Gasteiger charge is -2.34. The zero-order valence-corrected chi connectivity index (χ0v) is 21.7. The summed E-state index contributed by atoms with van der Waals surface area (Å²) in [6, 6.07) is 1.43. The molecular formula is C25H30F3N7O3. The van der Waals surface area contributed by atoms with Crippen molar-refractivity contribution in [3.63, 3.8) is 0 Å². The summed E-state index contributed by atoms with van der Waals surface area (Å²) in [5, 5.41) is 7.69. The van der Waals surface area contributed by atoms with Crippen LogP contribution in [0.25, 0.3) is 17.0 Å². The van der Waals surface area contributed by atoms with Crippen LogP contribution in [0.3, 0.4) is 0 Å². The third-order valence-electron chi connectivity index (χ3n) is 6.57. The van der Waals surface area contributed by atoms with E-state index in [1.807, 2.05) is 20.8 Å². The highest BCUT2D eigenvalue weighted by Crippen LogP contribution is 2.49. The second-order valence-corrected chi connectivity index (χ2v) is 10.8. The number of amides is 1. The summed E-state index contributed by atoms with van der Waals surface area (Å²) in [4.78, 5) is 26.9. The second kappa shape index (κ2) is 9.59. The first-order chi connectivity index (χ1) is 17.9. The summed E-state index contributed by atoms with van der Waals surface area (Å²) in [7, 11) is 1.44. The maximum Gasteiger partial charge on any atom is 0.410 e. The van der Waals surface area contributed by atoms with Crippen LogP contribution in [0.1, 0.15) is 58.1 Å². The van der Waals surface area contributed by atoms with E-state index >= 15 is 0 Å². The molecule has 3 aromatic heterocycles. The summed E-state index contributed by atoms with van der Waals surface area (Å²) in [5.74, 6) is -3.37. The molecule has 1 unspecified atom stereocenters. The first kappa shape index (κ1) is 26.0. The number of imidazole rings is 1. The van der Waals surface area contributed by atoms with Crippen LogP contribution in [0.5, 0.6) is 5.75 Å². The van der Waals surface area contributed by atoms with Gasteiger partial charge in [-0.05, 0) is 33.6 Å². The largest absolute Gasteiger partial charge is 0.495 e. The van der Waals surface area contributed by atoms with Gasteiger partial charge in [0, 0.05) is 44.0 Å². The van der Waals surface area contributed by atoms with E-state index in [2.05, 4.69) is 25.4 Å². The van der Waals surface area contributed by atoms with Crippen molar-refractivity contribution in [3.05, 3.63) is 30.0 Å². The van der Waals surface area contributed by atoms with E-state index in [1.54, 1.807) is 11.0 Å². The van der Waals surface area contributed by atoms with Gasteiger partial charge in [0.1, 0.15) is 28.4 Å². The summed E-state index contributed by atoms with van der Waals surface area (Å²) in [6.07, 6.45) is 2.94. The van der Waals surface area contributed by atoms with Crippen LogP contribution in [0, 0.1) is 5.82 Å². The average Bonchev–Trinajstić information content (AvgIpc) is 3.24. The molecule has 1 N–H and O–H groups in total. The van der Waals surface area contributed by atoms with Gasteiger partial charge < -0.3 is 19.7 Å². The van der Waals surface area contributed by atoms with E-state index < -0.39 is 29.4 Å². The quantitative estimate of drug-likeness (QED) is 0.505. The van der Waals surface area contributed by atoms with Crippen molar-refractivity contribution in [2.45, 2.75) is 69.9 Å². The number of nitrogens with zero attached hydrogens (tertiary/aromatic N) is 6. The maximum absolute atomic E-state index is 14.9. The van der Waals surface area contributed by atoms with E-state index in [0.29, 0.717) is 30.2 Å². The molecule has 2 fully saturated rings. The SMILES string of the molecule is COc1cc2ncc(-c3nc(NC4CCCN(C(=O)OC(C)(C)C)C4)ncc3F)n2nc1C1CC(F)(F)C1. The Morgan fingerprint density at radius 1 is 1.21 bits per heavy atom. The molecule has 1 aliphatic carbocycles. The fraction of sp³-hybridized carbons (Fsp3) is 0.560. The monoisotopic (exact) mass is 533 g/mol. The first-order valence-electron chi connectivity index (χ1n) is 12.5. The number of fused-ring (bicyclic) bond motifs is 1. The van der Waals surface area contributed by atoms with Crippen LogP contribution < -0.4 is 10.1 Å². The standard InChI is InChI=1S/C25H30F3N7O3/c1-24(2,3)38-23(36)34-7-5-6-15(13-34)31-22-30-11-16(26)21(32-22)17-12-29-19-8-18(37-4)20(33-35(17)19)14-9-25(27,28)10-14/h8,11-12,14-15H,5-7,9-10,13H2,1-4H3,(H,30,31,32). The molecule has 10 nitrogen and oxygen atoms in total. The molecule has 1 saturated heterocycles. The number of nitrogens with one attached hydrogen (secondary N) is 1. The third-order valence-corrected chi connectivity index (χ3v) is 6.57. The van der Waals surface area contributed by atoms with Gasteiger partial charge in [-0.3, -0.25) is 0 Å². The van der Waals surface area contributed by atoms with Gasteiger partial charge in [-0.15, -0.1) is 0 Å². The number of carbonyl (C=O) groups excluding carboxylic acids is 1. The fourth-order valence-electron chi connectivity index (χ4n) is 4.76. The Hall–Kier alpha value is -3.64. The second-order valence-electron chi connectivity index (χ2n) is 10.8. The summed E-state index contributed by atoms with van der Waals surface area (Å²) >= 11 is 0. The van der Waals surface area contributed by atoms with Crippen molar-refractivity contribution in [2.24, 2.45) is 0 Å². The number of alkyl halides is 2. The molecule has 13 heteroatoms. The van der Waals surface area contributed by atoms with Crippen LogP contribution in [0.2, 0.25) is 0 Å². The van der Waals surface area contributed by atoms with Gasteiger partial charge >= 0.3 is 6.09 Å². The Morgan fingerprint density at radius 3 is 2.66 bits per heavy atom. The van der Waals surface area contributed by atoms with Gasteiger partial charge in [0.15, 0.2) is 11.5 Å². The molecule has 204 valence electrons. The predicted octanol–water partition coefficient (Wildman–Crippen LogP) is 4.66. The Labute approximate surface area is 217 Å². The number of carbonyl (C=O) groups is 1. The molecule has 1 saturated carbocycles. The van der Waals surface area contributed by atoms with Crippen LogP contribution in [0.15, 0.2) is 18.5 Å². The normalized spacial score (nSPS) is 19.8. The first-order valence-corrected chi connectivity index (χ1v) is 12.5. The Balaban J connectivity index is 1.39. The van der Waals surface area contributed by atoms with Gasteiger partial charge in [0.25, 0.3) is 0 Å². The molecule has 0 radical (unpaired) electrons. The van der Waals surface area contributed by atoms with Crippen LogP contribution in [-0.4, -0.2) is 73.3 Å². The highest BCUT2D eigenvalue weighted by molar-refractivity contribution is 5.68. The molecule has 2 aliphatic rings. The molecular weight excluding hydrogens is 503 g/mol. The van der Waals surface area contributed by atoms with Gasteiger partial charge in [0.2, 0.25) is 11.9 Å². The fourth-order valence-corrected chi connectivity index (χ4v) is 4.76. The minimum atomic E-state index is -2.73. The minimum Gasteiger partial charge on any atom is -0.495 e. The Bertz CT molecular complexity index is 1350. The molecule has 4 heterocycles. The van der Waals surface area contributed by atoms with Crippen LogP contribution in [0.4, 0.5) is 23.9 Å². The van der Waals surface area contributed by atoms with Crippen LogP contribution >= 0.6 is 0 Å². The number of ether oxygens (including phenoxy) is 2. The predicted molar refractivity (Wildman–Crippen MR) is 132 cm³/mol. The molecule has 3 aromatic rings. The molecule has 0 spiro atoms. The number of aromatic nitrogens is 5. The highest BCUT2D eigenvalue weighted by atomic mass is 19.3. The molecule has 1 aliphatic heterocycles. The third kappa shape index (κ3) is 5.32. The molecule has 5 rings (SSSR count). The Kier molecular flexibility index (Phi) is 6.56. The number of likely N-dealkylation sites (tertiary alicyclic amines) is 1. The number of hydrogen-bond donors (Lipinski definition) is 1. The Morgan fingerprint density at radius 2 is 1.97 bits per heavy atom. The molecule has 1 amide bonds. The van der Waals surface area contributed by atoms with Crippen molar-refractivity contribution >= 4 is 17.7 Å². The topological polar surface area (TPSA) is 107 Å². The van der Waals surface area contributed by atoms with Gasteiger partial charge in [-0.25, -0.2) is 37.4 Å². The summed E-state index contributed by atoms with van der Waals surface area (Å²) < 4.78 is 54.3. The van der Waals surface area contributed by atoms with Gasteiger partial charge in [-0.2, -0.15) is 5.10 Å². The summed E-state index contributed by atoms with van der Waals surface area (Å²) in [5.41, 5.74) is 0.328. The zero-order valence-electron chi connectivity index (χ0n) is 21.7. The highest BCUT2D eigenvalue weighted by Gasteiger charge is 2.48. The molecule has 1 atom stereocenters. The van der Waals surface area contributed by atoms with Crippen molar-refractivity contribution < 1.29 is 27.4 Å². The number of rotatable bonds is 5. The summed E-state index contributed by atoms with van der Waals surface area (Å²) in [6.45, 7) is 6.40. The van der Waals surface area contributed by atoms with Crippen molar-refractivity contribution in [1.29, 1.82) is 0 Å². The van der Waals surface area contributed by atoms with Crippen molar-refractivity contribution in [2.75, 3.05) is 25.5 Å². The van der Waals surface area contributed by atoms with Crippen molar-refractivity contribution in [1.82, 2.24) is 29.5 Å².